The number of anilines is 3. The lowest BCUT2D eigenvalue weighted by atomic mass is 9.98. The minimum absolute atomic E-state index is 0.927. The molecule has 0 amide bonds. The van der Waals surface area contributed by atoms with E-state index in [0.29, 0.717) is 0 Å². The van der Waals surface area contributed by atoms with Crippen molar-refractivity contribution in [1.29, 1.82) is 0 Å². The van der Waals surface area contributed by atoms with Crippen LogP contribution < -0.4 is 4.90 Å². The van der Waals surface area contributed by atoms with Crippen LogP contribution in [0.3, 0.4) is 0 Å². The van der Waals surface area contributed by atoms with E-state index in [-0.39, 0.29) is 0 Å². The SMILES string of the molecule is c1ccc(-c2cccc(-c3ccc(N(c4ccc(-c5cccc(-c6ccccc6)c5)cc4)c4ccc(-c5cccc(-c6ccc7nc(-c8ccccc8)n(-c8ccccc8)c7c6)c5)cc4)cc3)c2)cc1. The van der Waals surface area contributed by atoms with Crippen molar-refractivity contribution in [1.82, 2.24) is 9.55 Å². The summed E-state index contributed by atoms with van der Waals surface area (Å²) in [4.78, 5) is 7.50. The Morgan fingerprint density at radius 1 is 0.243 bits per heavy atom. The van der Waals surface area contributed by atoms with Gasteiger partial charge < -0.3 is 4.90 Å². The molecule has 11 aromatic carbocycles. The van der Waals surface area contributed by atoms with E-state index in [4.69, 9.17) is 4.98 Å². The number of nitrogens with zero attached hydrogens (tertiary/aromatic N) is 3. The monoisotopic (exact) mass is 893 g/mol. The maximum atomic E-state index is 5.15. The van der Waals surface area contributed by atoms with Crippen molar-refractivity contribution in [2.45, 2.75) is 0 Å². The number of imidazole rings is 1. The summed E-state index contributed by atoms with van der Waals surface area (Å²) in [6.07, 6.45) is 0. The zero-order valence-electron chi connectivity index (χ0n) is 38.5. The third-order valence-electron chi connectivity index (χ3n) is 13.2. The Hall–Kier alpha value is -9.31. The lowest BCUT2D eigenvalue weighted by molar-refractivity contribution is 1.10. The molecule has 0 saturated carbocycles. The smallest absolute Gasteiger partial charge is 0.145 e. The normalized spacial score (nSPS) is 11.1. The molecule has 0 unspecified atom stereocenters. The van der Waals surface area contributed by atoms with Crippen molar-refractivity contribution in [3.63, 3.8) is 0 Å². The largest absolute Gasteiger partial charge is 0.311 e. The molecule has 0 N–H and O–H groups in total. The first-order valence-electron chi connectivity index (χ1n) is 23.8. The molecule has 0 atom stereocenters. The van der Waals surface area contributed by atoms with Gasteiger partial charge in [-0.15, -0.1) is 0 Å². The van der Waals surface area contributed by atoms with Gasteiger partial charge >= 0.3 is 0 Å². The van der Waals surface area contributed by atoms with Crippen LogP contribution >= 0.6 is 0 Å². The van der Waals surface area contributed by atoms with E-state index in [1.165, 1.54) is 44.5 Å². The topological polar surface area (TPSA) is 21.1 Å². The number of aromatic nitrogens is 2. The summed E-state index contributed by atoms with van der Waals surface area (Å²) < 4.78 is 2.27. The number of hydrogen-bond acceptors (Lipinski definition) is 2. The summed E-state index contributed by atoms with van der Waals surface area (Å²) >= 11 is 0. The summed E-state index contributed by atoms with van der Waals surface area (Å²) in [6.45, 7) is 0. The highest BCUT2D eigenvalue weighted by Gasteiger charge is 2.17. The average molecular weight is 894 g/mol. The fraction of sp³-hybridized carbons (Fsp3) is 0. The zero-order chi connectivity index (χ0) is 46.6. The van der Waals surface area contributed by atoms with Gasteiger partial charge in [-0.05, 0) is 146 Å². The van der Waals surface area contributed by atoms with Gasteiger partial charge in [0.25, 0.3) is 0 Å². The molecule has 0 spiro atoms. The quantitative estimate of drug-likeness (QED) is 0.129. The minimum atomic E-state index is 0.927. The number of benzene rings is 11. The van der Waals surface area contributed by atoms with E-state index >= 15 is 0 Å². The van der Waals surface area contributed by atoms with E-state index in [0.717, 1.165) is 67.4 Å². The van der Waals surface area contributed by atoms with Crippen LogP contribution in [-0.4, -0.2) is 9.55 Å². The second-order valence-corrected chi connectivity index (χ2v) is 17.6. The van der Waals surface area contributed by atoms with Crippen LogP contribution in [-0.2, 0) is 0 Å². The lowest BCUT2D eigenvalue weighted by Crippen LogP contribution is -2.09. The van der Waals surface area contributed by atoms with Crippen LogP contribution in [0.5, 0.6) is 0 Å². The summed E-state index contributed by atoms with van der Waals surface area (Å²) in [5, 5.41) is 0. The van der Waals surface area contributed by atoms with Crippen molar-refractivity contribution < 1.29 is 0 Å². The molecule has 0 aliphatic carbocycles. The van der Waals surface area contributed by atoms with Crippen molar-refractivity contribution in [2.24, 2.45) is 0 Å². The standard InChI is InChI=1S/C67H47N3/c1-5-16-48(17-6-1)54-22-13-24-56(44-54)50-30-37-62(38-31-50)69(63-39-32-51(33-40-63)57-25-14-23-55(45-57)49-18-7-2-8-19-49)64-41-34-52(35-42-64)58-26-15-27-59(46-58)60-36-43-65-66(47-60)70(61-28-11-4-12-29-61)67(68-65)53-20-9-3-10-21-53/h1-47H. The molecule has 0 saturated heterocycles. The van der Waals surface area contributed by atoms with Crippen LogP contribution in [0.15, 0.2) is 285 Å². The van der Waals surface area contributed by atoms with Gasteiger partial charge in [-0.2, -0.15) is 0 Å². The lowest BCUT2D eigenvalue weighted by Gasteiger charge is -2.26. The summed E-state index contributed by atoms with van der Waals surface area (Å²) in [7, 11) is 0. The summed E-state index contributed by atoms with van der Waals surface area (Å²) in [5.74, 6) is 0.927. The van der Waals surface area contributed by atoms with Crippen LogP contribution in [0.2, 0.25) is 0 Å². The highest BCUT2D eigenvalue weighted by Crippen LogP contribution is 2.40. The van der Waals surface area contributed by atoms with Gasteiger partial charge in [0.2, 0.25) is 0 Å². The molecule has 12 aromatic rings. The molecule has 0 aliphatic rings. The molecule has 3 nitrogen and oxygen atoms in total. The molecule has 1 aromatic heterocycles. The fourth-order valence-corrected chi connectivity index (χ4v) is 9.63. The molecule has 0 fully saturated rings. The first kappa shape index (κ1) is 42.1. The van der Waals surface area contributed by atoms with Gasteiger partial charge in [0, 0.05) is 28.3 Å². The maximum absolute atomic E-state index is 5.15. The third kappa shape index (κ3) is 8.49. The Balaban J connectivity index is 0.882. The minimum Gasteiger partial charge on any atom is -0.311 e. The molecular weight excluding hydrogens is 847 g/mol. The zero-order valence-corrected chi connectivity index (χ0v) is 38.5. The van der Waals surface area contributed by atoms with Gasteiger partial charge in [0.1, 0.15) is 5.82 Å². The van der Waals surface area contributed by atoms with Crippen LogP contribution in [0.25, 0.3) is 94.9 Å². The first-order chi connectivity index (χ1) is 34.7. The second-order valence-electron chi connectivity index (χ2n) is 17.6. The van der Waals surface area contributed by atoms with E-state index in [9.17, 15) is 0 Å². The Morgan fingerprint density at radius 3 is 0.943 bits per heavy atom. The molecule has 3 heteroatoms. The van der Waals surface area contributed by atoms with Gasteiger partial charge in [-0.25, -0.2) is 4.98 Å². The predicted octanol–water partition coefficient (Wildman–Crippen LogP) is 18.2. The highest BCUT2D eigenvalue weighted by atomic mass is 15.1. The van der Waals surface area contributed by atoms with Gasteiger partial charge in [-0.3, -0.25) is 4.57 Å². The Morgan fingerprint density at radius 2 is 0.543 bits per heavy atom. The molecule has 330 valence electrons. The molecule has 70 heavy (non-hydrogen) atoms. The van der Waals surface area contributed by atoms with Gasteiger partial charge in [0.05, 0.1) is 11.0 Å². The first-order valence-corrected chi connectivity index (χ1v) is 23.8. The Bertz CT molecular complexity index is 3590. The fourth-order valence-electron chi connectivity index (χ4n) is 9.63. The average Bonchev–Trinajstić information content (AvgIpc) is 3.84. The summed E-state index contributed by atoms with van der Waals surface area (Å²) in [5.41, 5.74) is 21.6. The highest BCUT2D eigenvalue weighted by molar-refractivity contribution is 5.89. The van der Waals surface area contributed by atoms with Crippen LogP contribution in [0.4, 0.5) is 17.1 Å². The number of fused-ring (bicyclic) bond motifs is 1. The van der Waals surface area contributed by atoms with E-state index in [1.807, 2.05) is 6.07 Å². The second kappa shape index (κ2) is 18.8. The molecule has 12 rings (SSSR count). The van der Waals surface area contributed by atoms with Crippen molar-refractivity contribution >= 4 is 28.1 Å². The molecule has 0 aliphatic heterocycles. The van der Waals surface area contributed by atoms with E-state index in [2.05, 4.69) is 289 Å². The molecule has 0 radical (unpaired) electrons. The third-order valence-corrected chi connectivity index (χ3v) is 13.2. The van der Waals surface area contributed by atoms with Gasteiger partial charge in [0.15, 0.2) is 0 Å². The van der Waals surface area contributed by atoms with Gasteiger partial charge in [-0.1, -0.05) is 206 Å². The molecule has 1 heterocycles. The van der Waals surface area contributed by atoms with Crippen LogP contribution in [0, 0.1) is 0 Å². The number of para-hydroxylation sites is 1. The van der Waals surface area contributed by atoms with Crippen molar-refractivity contribution in [3.05, 3.63) is 285 Å². The van der Waals surface area contributed by atoms with E-state index < -0.39 is 0 Å². The summed E-state index contributed by atoms with van der Waals surface area (Å²) in [6, 6.07) is 102. The Labute approximate surface area is 409 Å². The number of hydrogen-bond donors (Lipinski definition) is 0. The Kier molecular flexibility index (Phi) is 11.3. The predicted molar refractivity (Wildman–Crippen MR) is 294 cm³/mol. The van der Waals surface area contributed by atoms with Crippen molar-refractivity contribution in [3.8, 4) is 83.8 Å². The number of rotatable bonds is 11. The van der Waals surface area contributed by atoms with Crippen molar-refractivity contribution in [2.75, 3.05) is 4.90 Å². The van der Waals surface area contributed by atoms with Crippen LogP contribution in [0.1, 0.15) is 0 Å². The molecule has 0 bridgehead atoms. The van der Waals surface area contributed by atoms with E-state index in [1.54, 1.807) is 0 Å². The molecular formula is C67H47N3. The maximum Gasteiger partial charge on any atom is 0.145 e.